The highest BCUT2D eigenvalue weighted by molar-refractivity contribution is 6.07. The molecule has 1 aliphatic rings. The fraction of sp³-hybridized carbons (Fsp3) is 0.308. The Morgan fingerprint density at radius 2 is 2.11 bits per heavy atom. The number of carbonyl (C=O) groups excluding carboxylic acids is 3. The summed E-state index contributed by atoms with van der Waals surface area (Å²) in [6.07, 6.45) is 0. The van der Waals surface area contributed by atoms with Crippen molar-refractivity contribution in [1.29, 1.82) is 0 Å². The highest BCUT2D eigenvalue weighted by Gasteiger charge is 2.34. The van der Waals surface area contributed by atoms with Crippen LogP contribution >= 0.6 is 0 Å². The van der Waals surface area contributed by atoms with Crippen LogP contribution in [0.3, 0.4) is 0 Å². The van der Waals surface area contributed by atoms with Crippen LogP contribution in [0.4, 0.5) is 4.39 Å². The quantitative estimate of drug-likeness (QED) is 0.756. The van der Waals surface area contributed by atoms with E-state index in [0.29, 0.717) is 0 Å². The standard InChI is InChI=1S/C13H13FN2O3/c1-7-3-4-10(14)9(5-7)13(19)16-6-11(17)15-12(18)8(16)2/h3-5,8H,6H2,1-2H3,(H,15,17,18). The van der Waals surface area contributed by atoms with Gasteiger partial charge >= 0.3 is 0 Å². The number of nitrogens with zero attached hydrogens (tertiary/aromatic N) is 1. The molecule has 1 aromatic carbocycles. The van der Waals surface area contributed by atoms with Crippen molar-refractivity contribution in [2.24, 2.45) is 0 Å². The first-order chi connectivity index (χ1) is 8.90. The van der Waals surface area contributed by atoms with Crippen LogP contribution in [0.2, 0.25) is 0 Å². The first kappa shape index (κ1) is 13.2. The molecule has 0 saturated carbocycles. The minimum atomic E-state index is -0.801. The molecule has 6 heteroatoms. The third-order valence-electron chi connectivity index (χ3n) is 3.04. The van der Waals surface area contributed by atoms with E-state index < -0.39 is 29.6 Å². The minimum absolute atomic E-state index is 0.130. The van der Waals surface area contributed by atoms with Crippen LogP contribution in [-0.2, 0) is 9.59 Å². The monoisotopic (exact) mass is 264 g/mol. The second kappa shape index (κ2) is 4.79. The third-order valence-corrected chi connectivity index (χ3v) is 3.04. The van der Waals surface area contributed by atoms with Crippen molar-refractivity contribution in [3.8, 4) is 0 Å². The van der Waals surface area contributed by atoms with Gasteiger partial charge < -0.3 is 4.90 Å². The van der Waals surface area contributed by atoms with Gasteiger partial charge in [-0.1, -0.05) is 11.6 Å². The van der Waals surface area contributed by atoms with Crippen molar-refractivity contribution < 1.29 is 18.8 Å². The number of benzene rings is 1. The van der Waals surface area contributed by atoms with E-state index in [1.807, 2.05) is 0 Å². The van der Waals surface area contributed by atoms with Crippen LogP contribution in [0.5, 0.6) is 0 Å². The second-order valence-corrected chi connectivity index (χ2v) is 4.50. The summed E-state index contributed by atoms with van der Waals surface area (Å²) in [6.45, 7) is 2.97. The highest BCUT2D eigenvalue weighted by Crippen LogP contribution is 2.16. The molecule has 0 aliphatic carbocycles. The first-order valence-electron chi connectivity index (χ1n) is 5.81. The number of aryl methyl sites for hydroxylation is 1. The molecule has 19 heavy (non-hydrogen) atoms. The maximum absolute atomic E-state index is 13.7. The largest absolute Gasteiger partial charge is 0.317 e. The van der Waals surface area contributed by atoms with Crippen molar-refractivity contribution in [2.75, 3.05) is 6.54 Å². The number of piperazine rings is 1. The number of imide groups is 1. The molecule has 1 saturated heterocycles. The van der Waals surface area contributed by atoms with Gasteiger partial charge in [-0.05, 0) is 26.0 Å². The summed E-state index contributed by atoms with van der Waals surface area (Å²) >= 11 is 0. The predicted molar refractivity (Wildman–Crippen MR) is 64.8 cm³/mol. The Morgan fingerprint density at radius 3 is 2.79 bits per heavy atom. The third kappa shape index (κ3) is 2.47. The van der Waals surface area contributed by atoms with E-state index in [2.05, 4.69) is 5.32 Å². The Bertz CT molecular complexity index is 571. The van der Waals surface area contributed by atoms with E-state index in [4.69, 9.17) is 0 Å². The van der Waals surface area contributed by atoms with Gasteiger partial charge in [0, 0.05) is 0 Å². The van der Waals surface area contributed by atoms with Crippen molar-refractivity contribution >= 4 is 17.7 Å². The Kier molecular flexibility index (Phi) is 3.33. The van der Waals surface area contributed by atoms with Gasteiger partial charge in [0.1, 0.15) is 18.4 Å². The Balaban J connectivity index is 2.35. The lowest BCUT2D eigenvalue weighted by atomic mass is 10.1. The molecule has 0 spiro atoms. The molecule has 0 radical (unpaired) electrons. The number of hydrogen-bond acceptors (Lipinski definition) is 3. The maximum atomic E-state index is 13.7. The number of nitrogens with one attached hydrogen (secondary N) is 1. The van der Waals surface area contributed by atoms with Crippen molar-refractivity contribution in [3.05, 3.63) is 35.1 Å². The van der Waals surface area contributed by atoms with Gasteiger partial charge in [0.15, 0.2) is 0 Å². The number of carbonyl (C=O) groups is 3. The zero-order valence-electron chi connectivity index (χ0n) is 10.6. The Hall–Kier alpha value is -2.24. The van der Waals surface area contributed by atoms with Crippen LogP contribution in [0.1, 0.15) is 22.8 Å². The van der Waals surface area contributed by atoms with Crippen LogP contribution in [0.15, 0.2) is 18.2 Å². The lowest BCUT2D eigenvalue weighted by Crippen LogP contribution is -2.58. The fourth-order valence-electron chi connectivity index (χ4n) is 1.92. The molecule has 1 aliphatic heterocycles. The molecule has 1 aromatic rings. The summed E-state index contributed by atoms with van der Waals surface area (Å²) in [5, 5.41) is 2.13. The topological polar surface area (TPSA) is 66.5 Å². The molecule has 5 nitrogen and oxygen atoms in total. The van der Waals surface area contributed by atoms with E-state index in [1.54, 1.807) is 13.0 Å². The molecule has 1 heterocycles. The number of halogens is 1. The predicted octanol–water partition coefficient (Wildman–Crippen LogP) is 0.621. The summed E-state index contributed by atoms with van der Waals surface area (Å²) in [4.78, 5) is 36.1. The van der Waals surface area contributed by atoms with Crippen LogP contribution in [-0.4, -0.2) is 35.2 Å². The van der Waals surface area contributed by atoms with Crippen molar-refractivity contribution in [2.45, 2.75) is 19.9 Å². The van der Waals surface area contributed by atoms with E-state index in [0.717, 1.165) is 10.5 Å². The van der Waals surface area contributed by atoms with Gasteiger partial charge in [0.2, 0.25) is 11.8 Å². The van der Waals surface area contributed by atoms with E-state index in [-0.39, 0.29) is 12.1 Å². The zero-order valence-corrected chi connectivity index (χ0v) is 10.6. The van der Waals surface area contributed by atoms with Gasteiger partial charge in [-0.3, -0.25) is 19.7 Å². The molecular weight excluding hydrogens is 251 g/mol. The van der Waals surface area contributed by atoms with Crippen LogP contribution in [0.25, 0.3) is 0 Å². The van der Waals surface area contributed by atoms with E-state index in [9.17, 15) is 18.8 Å². The molecule has 2 rings (SSSR count). The Labute approximate surface area is 109 Å². The smallest absolute Gasteiger partial charge is 0.257 e. The average Bonchev–Trinajstić information content (AvgIpc) is 2.36. The van der Waals surface area contributed by atoms with Crippen molar-refractivity contribution in [3.63, 3.8) is 0 Å². The first-order valence-corrected chi connectivity index (χ1v) is 5.81. The Morgan fingerprint density at radius 1 is 1.42 bits per heavy atom. The summed E-state index contributed by atoms with van der Waals surface area (Å²) < 4.78 is 13.7. The second-order valence-electron chi connectivity index (χ2n) is 4.50. The lowest BCUT2D eigenvalue weighted by Gasteiger charge is -2.31. The summed E-state index contributed by atoms with van der Waals surface area (Å²) in [5.41, 5.74) is 0.597. The molecular formula is C13H13FN2O3. The maximum Gasteiger partial charge on any atom is 0.257 e. The molecule has 1 unspecified atom stereocenters. The molecule has 0 aromatic heterocycles. The minimum Gasteiger partial charge on any atom is -0.317 e. The van der Waals surface area contributed by atoms with E-state index >= 15 is 0 Å². The molecule has 0 bridgehead atoms. The fourth-order valence-corrected chi connectivity index (χ4v) is 1.92. The molecule has 1 N–H and O–H groups in total. The average molecular weight is 264 g/mol. The molecule has 1 fully saturated rings. The molecule has 1 atom stereocenters. The van der Waals surface area contributed by atoms with Gasteiger partial charge in [-0.2, -0.15) is 0 Å². The zero-order chi connectivity index (χ0) is 14.2. The molecule has 3 amide bonds. The van der Waals surface area contributed by atoms with Crippen molar-refractivity contribution in [1.82, 2.24) is 10.2 Å². The van der Waals surface area contributed by atoms with Gasteiger partial charge in [0.05, 0.1) is 5.56 Å². The number of amides is 3. The number of hydrogen-bond donors (Lipinski definition) is 1. The van der Waals surface area contributed by atoms with Gasteiger partial charge in [-0.25, -0.2) is 4.39 Å². The molecule has 100 valence electrons. The highest BCUT2D eigenvalue weighted by atomic mass is 19.1. The van der Waals surface area contributed by atoms with E-state index in [1.165, 1.54) is 19.1 Å². The SMILES string of the molecule is Cc1ccc(F)c(C(=O)N2CC(=O)NC(=O)C2C)c1. The summed E-state index contributed by atoms with van der Waals surface area (Å²) in [7, 11) is 0. The van der Waals surface area contributed by atoms with Crippen LogP contribution < -0.4 is 5.32 Å². The number of rotatable bonds is 1. The summed E-state index contributed by atoms with van der Waals surface area (Å²) in [6, 6.07) is 3.34. The van der Waals surface area contributed by atoms with Gasteiger partial charge in [0.25, 0.3) is 5.91 Å². The van der Waals surface area contributed by atoms with Crippen LogP contribution in [0, 0.1) is 12.7 Å². The van der Waals surface area contributed by atoms with Gasteiger partial charge in [-0.15, -0.1) is 0 Å². The summed E-state index contributed by atoms with van der Waals surface area (Å²) in [5.74, 6) is -2.44. The lowest BCUT2D eigenvalue weighted by molar-refractivity contribution is -0.138. The normalized spacial score (nSPS) is 19.3.